The molecule has 0 aliphatic carbocycles. The van der Waals surface area contributed by atoms with Crippen LogP contribution in [0.3, 0.4) is 0 Å². The van der Waals surface area contributed by atoms with E-state index < -0.39 is 0 Å². The molecule has 2 rings (SSSR count). The van der Waals surface area contributed by atoms with E-state index in [-0.39, 0.29) is 0 Å². The summed E-state index contributed by atoms with van der Waals surface area (Å²) in [6, 6.07) is 7.87. The maximum Gasteiger partial charge on any atom is 0.0399 e. The minimum Gasteiger partial charge on any atom is -0.368 e. The number of benzene rings is 1. The maximum atomic E-state index is 3.71. The van der Waals surface area contributed by atoms with E-state index in [4.69, 9.17) is 0 Å². The van der Waals surface area contributed by atoms with Crippen LogP contribution >= 0.6 is 15.9 Å². The highest BCUT2D eigenvalue weighted by atomic mass is 79.9. The van der Waals surface area contributed by atoms with Crippen molar-refractivity contribution in [3.05, 3.63) is 28.2 Å². The van der Waals surface area contributed by atoms with Crippen LogP contribution in [-0.2, 0) is 0 Å². The van der Waals surface area contributed by atoms with Crippen LogP contribution in [-0.4, -0.2) is 25.2 Å². The molecule has 0 aromatic heterocycles. The van der Waals surface area contributed by atoms with Gasteiger partial charge in [0.2, 0.25) is 0 Å². The molecule has 0 saturated carbocycles. The van der Waals surface area contributed by atoms with Crippen LogP contribution in [0.5, 0.6) is 0 Å². The van der Waals surface area contributed by atoms with Crippen molar-refractivity contribution >= 4 is 21.6 Å². The van der Waals surface area contributed by atoms with Crippen molar-refractivity contribution in [2.45, 2.75) is 52.6 Å². The van der Waals surface area contributed by atoms with E-state index >= 15 is 0 Å². The Bertz CT molecular complexity index is 447. The zero-order valence-electron chi connectivity index (χ0n) is 13.1. The summed E-state index contributed by atoms with van der Waals surface area (Å²) in [5.41, 5.74) is 2.75. The molecule has 3 unspecified atom stereocenters. The highest BCUT2D eigenvalue weighted by Gasteiger charge is 2.32. The number of hydrogen-bond acceptors (Lipinski definition) is 2. The van der Waals surface area contributed by atoms with Crippen LogP contribution in [0.4, 0.5) is 5.69 Å². The second kappa shape index (κ2) is 6.95. The van der Waals surface area contributed by atoms with Gasteiger partial charge in [0.25, 0.3) is 0 Å². The Hall–Kier alpha value is -0.540. The van der Waals surface area contributed by atoms with Crippen molar-refractivity contribution in [2.24, 2.45) is 5.92 Å². The van der Waals surface area contributed by atoms with Gasteiger partial charge in [-0.3, -0.25) is 0 Å². The largest absolute Gasteiger partial charge is 0.368 e. The van der Waals surface area contributed by atoms with Crippen LogP contribution in [0.1, 0.15) is 39.2 Å². The number of nitrogens with zero attached hydrogens (tertiary/aromatic N) is 1. The summed E-state index contributed by atoms with van der Waals surface area (Å²) in [4.78, 5) is 2.58. The van der Waals surface area contributed by atoms with Crippen LogP contribution < -0.4 is 10.2 Å². The molecular formula is C17H27BrN2. The summed E-state index contributed by atoms with van der Waals surface area (Å²) in [6.45, 7) is 11.5. The molecular weight excluding hydrogens is 312 g/mol. The molecule has 1 aromatic carbocycles. The van der Waals surface area contributed by atoms with E-state index in [1.54, 1.807) is 0 Å². The van der Waals surface area contributed by atoms with E-state index in [9.17, 15) is 0 Å². The fraction of sp³-hybridized carbons (Fsp3) is 0.647. The Labute approximate surface area is 132 Å². The average Bonchev–Trinajstić information content (AvgIpc) is 2.41. The molecule has 0 bridgehead atoms. The number of halogens is 1. The molecule has 2 nitrogen and oxygen atoms in total. The van der Waals surface area contributed by atoms with Crippen LogP contribution in [0, 0.1) is 12.8 Å². The molecule has 1 saturated heterocycles. The SMILES string of the molecule is CCCNC1CCN(c2ccc(Br)cc2C)C(C)C1C. The van der Waals surface area contributed by atoms with Gasteiger partial charge in [-0.1, -0.05) is 29.8 Å². The average molecular weight is 339 g/mol. The van der Waals surface area contributed by atoms with E-state index in [1.807, 2.05) is 0 Å². The summed E-state index contributed by atoms with van der Waals surface area (Å²) in [7, 11) is 0. The predicted molar refractivity (Wildman–Crippen MR) is 91.5 cm³/mol. The van der Waals surface area contributed by atoms with E-state index in [1.165, 1.54) is 28.6 Å². The normalized spacial score (nSPS) is 26.9. The number of anilines is 1. The molecule has 1 heterocycles. The Kier molecular flexibility index (Phi) is 5.50. The number of aryl methyl sites for hydroxylation is 1. The van der Waals surface area contributed by atoms with Gasteiger partial charge in [-0.05, 0) is 62.9 Å². The molecule has 1 aliphatic heterocycles. The van der Waals surface area contributed by atoms with Gasteiger partial charge in [0, 0.05) is 28.8 Å². The molecule has 1 aromatic rings. The first-order chi connectivity index (χ1) is 9.54. The Morgan fingerprint density at radius 3 is 2.75 bits per heavy atom. The Balaban J connectivity index is 2.11. The molecule has 3 atom stereocenters. The third kappa shape index (κ3) is 3.37. The first-order valence-electron chi connectivity index (χ1n) is 7.80. The van der Waals surface area contributed by atoms with Gasteiger partial charge in [-0.2, -0.15) is 0 Å². The number of nitrogens with one attached hydrogen (secondary N) is 1. The lowest BCUT2D eigenvalue weighted by Crippen LogP contribution is -2.53. The molecule has 0 amide bonds. The quantitative estimate of drug-likeness (QED) is 0.877. The second-order valence-electron chi connectivity index (χ2n) is 6.07. The summed E-state index contributed by atoms with van der Waals surface area (Å²) in [5.74, 6) is 0.679. The van der Waals surface area contributed by atoms with Gasteiger partial charge in [-0.15, -0.1) is 0 Å². The molecule has 20 heavy (non-hydrogen) atoms. The van der Waals surface area contributed by atoms with Crippen molar-refractivity contribution in [2.75, 3.05) is 18.0 Å². The van der Waals surface area contributed by atoms with E-state index in [0.717, 1.165) is 13.1 Å². The fourth-order valence-corrected chi connectivity index (χ4v) is 3.74. The van der Waals surface area contributed by atoms with Crippen molar-refractivity contribution < 1.29 is 0 Å². The van der Waals surface area contributed by atoms with Gasteiger partial charge in [-0.25, -0.2) is 0 Å². The summed E-state index contributed by atoms with van der Waals surface area (Å²) >= 11 is 3.56. The van der Waals surface area contributed by atoms with E-state index in [2.05, 4.69) is 72.0 Å². The van der Waals surface area contributed by atoms with Gasteiger partial charge >= 0.3 is 0 Å². The lowest BCUT2D eigenvalue weighted by molar-refractivity contribution is 0.271. The third-order valence-corrected chi connectivity index (χ3v) is 5.19. The number of piperidine rings is 1. The molecule has 112 valence electrons. The summed E-state index contributed by atoms with van der Waals surface area (Å²) in [5, 5.41) is 3.71. The summed E-state index contributed by atoms with van der Waals surface area (Å²) in [6.07, 6.45) is 2.45. The van der Waals surface area contributed by atoms with Crippen molar-refractivity contribution in [3.8, 4) is 0 Å². The molecule has 1 N–H and O–H groups in total. The van der Waals surface area contributed by atoms with E-state index in [0.29, 0.717) is 18.0 Å². The first kappa shape index (κ1) is 15.8. The minimum atomic E-state index is 0.581. The van der Waals surface area contributed by atoms with Crippen molar-refractivity contribution in [3.63, 3.8) is 0 Å². The second-order valence-corrected chi connectivity index (χ2v) is 6.99. The van der Waals surface area contributed by atoms with Gasteiger partial charge in [0.15, 0.2) is 0 Å². The zero-order valence-corrected chi connectivity index (χ0v) is 14.7. The smallest absolute Gasteiger partial charge is 0.0399 e. The molecule has 1 aliphatic rings. The first-order valence-corrected chi connectivity index (χ1v) is 8.60. The monoisotopic (exact) mass is 338 g/mol. The molecule has 1 fully saturated rings. The highest BCUT2D eigenvalue weighted by Crippen LogP contribution is 2.32. The van der Waals surface area contributed by atoms with Crippen molar-refractivity contribution in [1.82, 2.24) is 5.32 Å². The topological polar surface area (TPSA) is 15.3 Å². The van der Waals surface area contributed by atoms with Gasteiger partial charge in [0.05, 0.1) is 0 Å². The van der Waals surface area contributed by atoms with Crippen LogP contribution in [0.2, 0.25) is 0 Å². The van der Waals surface area contributed by atoms with Gasteiger partial charge in [0.1, 0.15) is 0 Å². The van der Waals surface area contributed by atoms with Gasteiger partial charge < -0.3 is 10.2 Å². The third-order valence-electron chi connectivity index (χ3n) is 4.69. The number of rotatable bonds is 4. The van der Waals surface area contributed by atoms with Crippen LogP contribution in [0.25, 0.3) is 0 Å². The lowest BCUT2D eigenvalue weighted by Gasteiger charge is -2.45. The zero-order chi connectivity index (χ0) is 14.7. The maximum absolute atomic E-state index is 3.71. The molecule has 0 radical (unpaired) electrons. The predicted octanol–water partition coefficient (Wildman–Crippen LogP) is 4.36. The van der Waals surface area contributed by atoms with Crippen LogP contribution in [0.15, 0.2) is 22.7 Å². The summed E-state index contributed by atoms with van der Waals surface area (Å²) < 4.78 is 1.17. The number of hydrogen-bond donors (Lipinski definition) is 1. The minimum absolute atomic E-state index is 0.581. The lowest BCUT2D eigenvalue weighted by atomic mass is 9.86. The standard InChI is InChI=1S/C17H27BrN2/c1-5-9-19-16-8-10-20(14(4)13(16)3)17-7-6-15(18)11-12(17)2/h6-7,11,13-14,16,19H,5,8-10H2,1-4H3. The molecule has 0 spiro atoms. The van der Waals surface area contributed by atoms with Crippen molar-refractivity contribution in [1.29, 1.82) is 0 Å². The fourth-order valence-electron chi connectivity index (χ4n) is 3.26. The Morgan fingerprint density at radius 1 is 1.35 bits per heavy atom. The highest BCUT2D eigenvalue weighted by molar-refractivity contribution is 9.10. The molecule has 3 heteroatoms. The Morgan fingerprint density at radius 2 is 2.10 bits per heavy atom.